The monoisotopic (exact) mass is 435 g/mol. The van der Waals surface area contributed by atoms with Gasteiger partial charge in [0.15, 0.2) is 5.82 Å². The number of pyridine rings is 1. The number of carbonyl (C=O) groups is 1. The highest BCUT2D eigenvalue weighted by Crippen LogP contribution is 2.36. The van der Waals surface area contributed by atoms with Crippen LogP contribution in [0.1, 0.15) is 52.7 Å². The Bertz CT molecular complexity index is 983. The van der Waals surface area contributed by atoms with Crippen molar-refractivity contribution in [3.63, 3.8) is 0 Å². The van der Waals surface area contributed by atoms with Gasteiger partial charge in [0.25, 0.3) is 0 Å². The third kappa shape index (κ3) is 6.35. The van der Waals surface area contributed by atoms with Gasteiger partial charge in [-0.05, 0) is 65.8 Å². The van der Waals surface area contributed by atoms with Gasteiger partial charge in [-0.1, -0.05) is 0 Å². The number of carbonyl (C=O) groups excluding carboxylic acids is 1. The summed E-state index contributed by atoms with van der Waals surface area (Å²) < 4.78 is 50.2. The van der Waals surface area contributed by atoms with Gasteiger partial charge in [0.1, 0.15) is 28.6 Å². The number of nitrogens with zero attached hydrogens (tertiary/aromatic N) is 3. The van der Waals surface area contributed by atoms with E-state index in [1.54, 1.807) is 41.5 Å². The third-order valence-corrected chi connectivity index (χ3v) is 3.66. The van der Waals surface area contributed by atoms with Crippen molar-refractivity contribution in [1.29, 1.82) is 5.26 Å². The number of aromatic nitrogens is 1. The van der Waals surface area contributed by atoms with Crippen LogP contribution in [0.25, 0.3) is 0 Å². The van der Waals surface area contributed by atoms with Crippen LogP contribution in [0.5, 0.6) is 5.75 Å². The Morgan fingerprint density at radius 2 is 1.58 bits per heavy atom. The van der Waals surface area contributed by atoms with Crippen molar-refractivity contribution in [2.45, 2.75) is 58.9 Å². The molecule has 2 rings (SSSR count). The fourth-order valence-electron chi connectivity index (χ4n) is 2.54. The maximum atomic E-state index is 13.0. The van der Waals surface area contributed by atoms with Crippen LogP contribution in [-0.2, 0) is 10.9 Å². The Hall–Kier alpha value is -3.28. The first-order valence-electron chi connectivity index (χ1n) is 9.41. The minimum Gasteiger partial charge on any atom is -0.487 e. The summed E-state index contributed by atoms with van der Waals surface area (Å²) in [7, 11) is 0. The van der Waals surface area contributed by atoms with E-state index in [4.69, 9.17) is 9.47 Å². The molecule has 6 nitrogen and oxygen atoms in total. The molecule has 31 heavy (non-hydrogen) atoms. The predicted molar refractivity (Wildman–Crippen MR) is 109 cm³/mol. The molecule has 0 fully saturated rings. The maximum absolute atomic E-state index is 13.0. The summed E-state index contributed by atoms with van der Waals surface area (Å²) in [5.74, 6) is 0.0683. The van der Waals surface area contributed by atoms with E-state index in [1.807, 2.05) is 6.07 Å². The number of halogens is 3. The first kappa shape index (κ1) is 24.0. The van der Waals surface area contributed by atoms with Crippen molar-refractivity contribution >= 4 is 17.6 Å². The summed E-state index contributed by atoms with van der Waals surface area (Å²) >= 11 is 0. The molecule has 166 valence electrons. The molecule has 0 unspecified atom stereocenters. The number of hydrogen-bond acceptors (Lipinski definition) is 5. The Kier molecular flexibility index (Phi) is 6.54. The van der Waals surface area contributed by atoms with Gasteiger partial charge in [-0.3, -0.25) is 0 Å². The molecule has 0 saturated carbocycles. The second-order valence-corrected chi connectivity index (χ2v) is 8.69. The molecular formula is C22H24F3N3O3. The van der Waals surface area contributed by atoms with Gasteiger partial charge in [-0.2, -0.15) is 18.4 Å². The van der Waals surface area contributed by atoms with E-state index in [9.17, 15) is 23.2 Å². The quantitative estimate of drug-likeness (QED) is 0.572. The normalized spacial score (nSPS) is 12.1. The molecule has 1 aromatic heterocycles. The molecule has 0 bridgehead atoms. The Labute approximate surface area is 179 Å². The highest BCUT2D eigenvalue weighted by molar-refractivity contribution is 5.96. The zero-order chi connectivity index (χ0) is 23.6. The van der Waals surface area contributed by atoms with Crippen LogP contribution >= 0.6 is 0 Å². The van der Waals surface area contributed by atoms with Crippen LogP contribution in [0.4, 0.5) is 29.5 Å². The zero-order valence-corrected chi connectivity index (χ0v) is 18.2. The average Bonchev–Trinajstić information content (AvgIpc) is 2.59. The molecule has 0 spiro atoms. The maximum Gasteiger partial charge on any atom is 0.420 e. The van der Waals surface area contributed by atoms with Gasteiger partial charge in [-0.15, -0.1) is 0 Å². The Morgan fingerprint density at radius 3 is 2.03 bits per heavy atom. The topological polar surface area (TPSA) is 75.4 Å². The largest absolute Gasteiger partial charge is 0.487 e. The van der Waals surface area contributed by atoms with Crippen LogP contribution in [0.3, 0.4) is 0 Å². The molecule has 0 atom stereocenters. The first-order valence-corrected chi connectivity index (χ1v) is 9.41. The summed E-state index contributed by atoms with van der Waals surface area (Å²) in [4.78, 5) is 18.1. The van der Waals surface area contributed by atoms with Crippen molar-refractivity contribution in [1.82, 2.24) is 4.98 Å². The van der Waals surface area contributed by atoms with Crippen molar-refractivity contribution in [2.24, 2.45) is 0 Å². The highest BCUT2D eigenvalue weighted by Gasteiger charge is 2.33. The van der Waals surface area contributed by atoms with Gasteiger partial charge in [0.2, 0.25) is 0 Å². The van der Waals surface area contributed by atoms with Crippen molar-refractivity contribution in [2.75, 3.05) is 4.90 Å². The third-order valence-electron chi connectivity index (χ3n) is 3.66. The molecule has 0 N–H and O–H groups in total. The number of rotatable bonds is 3. The highest BCUT2D eigenvalue weighted by atomic mass is 19.4. The van der Waals surface area contributed by atoms with Gasteiger partial charge in [0, 0.05) is 12.3 Å². The fourth-order valence-corrected chi connectivity index (χ4v) is 2.54. The summed E-state index contributed by atoms with van der Waals surface area (Å²) in [5.41, 5.74) is -2.41. The number of benzene rings is 1. The standard InChI is InChI=1S/C22H24F3N3O3/c1-20(2,3)30-17-11-12-27-18(16(17)13-26)28(19(29)31-21(4,5)6)15-9-7-14(8-10-15)22(23,24)25/h7-12H,1-6H3. The minimum atomic E-state index is -4.54. The molecule has 0 aliphatic rings. The lowest BCUT2D eigenvalue weighted by atomic mass is 10.1. The number of alkyl halides is 3. The summed E-state index contributed by atoms with van der Waals surface area (Å²) in [5, 5.41) is 9.76. The molecule has 2 aromatic rings. The number of amides is 1. The van der Waals surface area contributed by atoms with Crippen molar-refractivity contribution in [3.8, 4) is 11.8 Å². The summed E-state index contributed by atoms with van der Waals surface area (Å²) in [6.45, 7) is 10.3. The van der Waals surface area contributed by atoms with Crippen LogP contribution in [0.15, 0.2) is 36.5 Å². The van der Waals surface area contributed by atoms with E-state index in [-0.39, 0.29) is 22.8 Å². The second kappa shape index (κ2) is 8.46. The van der Waals surface area contributed by atoms with E-state index in [0.29, 0.717) is 0 Å². The minimum absolute atomic E-state index is 0.0526. The SMILES string of the molecule is CC(C)(C)OC(=O)N(c1ccc(C(F)(F)F)cc1)c1nccc(OC(C)(C)C)c1C#N. The van der Waals surface area contributed by atoms with Crippen LogP contribution in [-0.4, -0.2) is 22.3 Å². The molecule has 0 aliphatic carbocycles. The molecule has 1 amide bonds. The predicted octanol–water partition coefficient (Wildman–Crippen LogP) is 6.22. The van der Waals surface area contributed by atoms with Gasteiger partial charge in [-0.25, -0.2) is 14.7 Å². The lowest BCUT2D eigenvalue weighted by Gasteiger charge is -2.28. The number of ether oxygens (including phenoxy) is 2. The van der Waals surface area contributed by atoms with Crippen LogP contribution < -0.4 is 9.64 Å². The lowest BCUT2D eigenvalue weighted by Crippen LogP contribution is -2.35. The number of nitriles is 1. The van der Waals surface area contributed by atoms with Crippen LogP contribution in [0, 0.1) is 11.3 Å². The molecule has 0 radical (unpaired) electrons. The number of hydrogen-bond donors (Lipinski definition) is 0. The molecule has 1 heterocycles. The van der Waals surface area contributed by atoms with Gasteiger partial charge in [0.05, 0.1) is 11.3 Å². The Balaban J connectivity index is 2.65. The van der Waals surface area contributed by atoms with E-state index >= 15 is 0 Å². The van der Waals surface area contributed by atoms with Gasteiger partial charge < -0.3 is 9.47 Å². The smallest absolute Gasteiger partial charge is 0.420 e. The molecule has 0 saturated heterocycles. The van der Waals surface area contributed by atoms with E-state index < -0.39 is 29.0 Å². The van der Waals surface area contributed by atoms with Crippen molar-refractivity contribution < 1.29 is 27.4 Å². The van der Waals surface area contributed by atoms with E-state index in [2.05, 4.69) is 4.98 Å². The Morgan fingerprint density at radius 1 is 1.00 bits per heavy atom. The van der Waals surface area contributed by atoms with E-state index in [0.717, 1.165) is 29.2 Å². The lowest BCUT2D eigenvalue weighted by molar-refractivity contribution is -0.137. The van der Waals surface area contributed by atoms with Gasteiger partial charge >= 0.3 is 12.3 Å². The molecular weight excluding hydrogens is 411 g/mol. The number of anilines is 2. The molecule has 0 aliphatic heterocycles. The fraction of sp³-hybridized carbons (Fsp3) is 0.409. The second-order valence-electron chi connectivity index (χ2n) is 8.69. The van der Waals surface area contributed by atoms with Crippen LogP contribution in [0.2, 0.25) is 0 Å². The summed E-state index contributed by atoms with van der Waals surface area (Å²) in [6.07, 6.45) is -4.09. The van der Waals surface area contributed by atoms with Crippen molar-refractivity contribution in [3.05, 3.63) is 47.7 Å². The molecule has 1 aromatic carbocycles. The summed E-state index contributed by atoms with van der Waals surface area (Å²) in [6, 6.07) is 7.37. The first-order chi connectivity index (χ1) is 14.1. The van der Waals surface area contributed by atoms with E-state index in [1.165, 1.54) is 12.3 Å². The molecule has 9 heteroatoms. The zero-order valence-electron chi connectivity index (χ0n) is 18.2. The average molecular weight is 435 g/mol.